The van der Waals surface area contributed by atoms with Crippen LogP contribution in [0.25, 0.3) is 0 Å². The normalized spacial score (nSPS) is 10.1. The van der Waals surface area contributed by atoms with Gasteiger partial charge in [0.05, 0.1) is 13.0 Å². The minimum absolute atomic E-state index is 0.0773. The Bertz CT molecular complexity index is 377. The Morgan fingerprint density at radius 3 is 2.80 bits per heavy atom. The second kappa shape index (κ2) is 5.12. The van der Waals surface area contributed by atoms with Crippen molar-refractivity contribution in [1.29, 1.82) is 0 Å². The zero-order valence-corrected chi connectivity index (χ0v) is 9.40. The van der Waals surface area contributed by atoms with Crippen molar-refractivity contribution < 1.29 is 13.9 Å². The summed E-state index contributed by atoms with van der Waals surface area (Å²) in [5.41, 5.74) is 0.894. The lowest BCUT2D eigenvalue weighted by molar-refractivity contribution is -0.142. The van der Waals surface area contributed by atoms with Crippen LogP contribution in [0.5, 0.6) is 0 Å². The van der Waals surface area contributed by atoms with Gasteiger partial charge in [-0.1, -0.05) is 11.6 Å². The van der Waals surface area contributed by atoms with Gasteiger partial charge in [0.2, 0.25) is 0 Å². The number of carbonyl (C=O) groups is 1. The molecule has 82 valence electrons. The molecule has 0 bridgehead atoms. The summed E-state index contributed by atoms with van der Waals surface area (Å²) in [5, 5.41) is 0.454. The van der Waals surface area contributed by atoms with Crippen LogP contribution in [-0.2, 0) is 16.0 Å². The number of benzene rings is 1. The third-order valence-corrected chi connectivity index (χ3v) is 2.51. The molecule has 4 heteroatoms. The summed E-state index contributed by atoms with van der Waals surface area (Å²) in [6, 6.07) is 2.73. The molecular weight excluding hydrogens is 219 g/mol. The first-order valence-electron chi connectivity index (χ1n) is 4.65. The third-order valence-electron chi connectivity index (χ3n) is 2.10. The van der Waals surface area contributed by atoms with Gasteiger partial charge in [-0.3, -0.25) is 4.79 Å². The fourth-order valence-corrected chi connectivity index (χ4v) is 1.45. The largest absolute Gasteiger partial charge is 0.466 e. The van der Waals surface area contributed by atoms with Gasteiger partial charge < -0.3 is 4.74 Å². The first kappa shape index (κ1) is 12.0. The average molecular weight is 231 g/mol. The van der Waals surface area contributed by atoms with Gasteiger partial charge in [-0.25, -0.2) is 4.39 Å². The van der Waals surface area contributed by atoms with E-state index < -0.39 is 11.8 Å². The summed E-state index contributed by atoms with van der Waals surface area (Å²) in [5.74, 6) is -0.869. The molecule has 2 nitrogen and oxygen atoms in total. The number of esters is 1. The molecule has 1 aromatic rings. The monoisotopic (exact) mass is 230 g/mol. The molecule has 0 heterocycles. The summed E-state index contributed by atoms with van der Waals surface area (Å²) in [4.78, 5) is 11.2. The molecule has 0 aliphatic heterocycles. The summed E-state index contributed by atoms with van der Waals surface area (Å²) in [6.45, 7) is 3.68. The summed E-state index contributed by atoms with van der Waals surface area (Å²) >= 11 is 5.83. The molecule has 0 saturated carbocycles. The van der Waals surface area contributed by atoms with Crippen LogP contribution in [0.15, 0.2) is 12.1 Å². The maximum absolute atomic E-state index is 13.4. The van der Waals surface area contributed by atoms with Crippen LogP contribution < -0.4 is 0 Å². The van der Waals surface area contributed by atoms with E-state index >= 15 is 0 Å². The summed E-state index contributed by atoms with van der Waals surface area (Å²) in [7, 11) is 0. The SMILES string of the molecule is CCOC(=O)Cc1c(F)ccc(Cl)c1C. The van der Waals surface area contributed by atoms with E-state index in [1.54, 1.807) is 13.8 Å². The van der Waals surface area contributed by atoms with Gasteiger partial charge in [0, 0.05) is 10.6 Å². The number of halogens is 2. The highest BCUT2D eigenvalue weighted by atomic mass is 35.5. The van der Waals surface area contributed by atoms with E-state index in [1.165, 1.54) is 12.1 Å². The molecule has 15 heavy (non-hydrogen) atoms. The van der Waals surface area contributed by atoms with Crippen molar-refractivity contribution in [2.45, 2.75) is 20.3 Å². The number of ether oxygens (including phenoxy) is 1. The van der Waals surface area contributed by atoms with Crippen molar-refractivity contribution in [3.05, 3.63) is 34.1 Å². The van der Waals surface area contributed by atoms with Crippen molar-refractivity contribution in [2.75, 3.05) is 6.61 Å². The van der Waals surface area contributed by atoms with Crippen molar-refractivity contribution >= 4 is 17.6 Å². The lowest BCUT2D eigenvalue weighted by Gasteiger charge is -2.08. The molecule has 0 saturated heterocycles. The standard InChI is InChI=1S/C11H12ClFO2/c1-3-15-11(14)6-8-7(2)9(12)4-5-10(8)13/h4-5H,3,6H2,1-2H3. The van der Waals surface area contributed by atoms with Gasteiger partial charge in [-0.05, 0) is 31.5 Å². The molecule has 0 aliphatic rings. The Morgan fingerprint density at radius 2 is 2.20 bits per heavy atom. The van der Waals surface area contributed by atoms with Gasteiger partial charge in [0.25, 0.3) is 0 Å². The lowest BCUT2D eigenvalue weighted by atomic mass is 10.1. The first-order chi connectivity index (χ1) is 7.06. The quantitative estimate of drug-likeness (QED) is 0.747. The Labute approximate surface area is 93.0 Å². The average Bonchev–Trinajstić information content (AvgIpc) is 2.19. The Balaban J connectivity index is 2.93. The molecule has 0 spiro atoms. The highest BCUT2D eigenvalue weighted by Gasteiger charge is 2.13. The molecule has 0 unspecified atom stereocenters. The van der Waals surface area contributed by atoms with Crippen LogP contribution in [-0.4, -0.2) is 12.6 Å². The highest BCUT2D eigenvalue weighted by Crippen LogP contribution is 2.22. The molecule has 1 aromatic carbocycles. The molecule has 1 rings (SSSR count). The number of rotatable bonds is 3. The number of hydrogen-bond acceptors (Lipinski definition) is 2. The van der Waals surface area contributed by atoms with Gasteiger partial charge in [-0.2, -0.15) is 0 Å². The number of hydrogen-bond donors (Lipinski definition) is 0. The lowest BCUT2D eigenvalue weighted by Crippen LogP contribution is -2.10. The van der Waals surface area contributed by atoms with E-state index in [1.807, 2.05) is 0 Å². The Morgan fingerprint density at radius 1 is 1.53 bits per heavy atom. The van der Waals surface area contributed by atoms with Gasteiger partial charge >= 0.3 is 5.97 Å². The Hall–Kier alpha value is -1.09. The molecule has 0 fully saturated rings. The van der Waals surface area contributed by atoms with E-state index in [2.05, 4.69) is 0 Å². The van der Waals surface area contributed by atoms with Crippen molar-refractivity contribution in [2.24, 2.45) is 0 Å². The van der Waals surface area contributed by atoms with Crippen molar-refractivity contribution in [1.82, 2.24) is 0 Å². The van der Waals surface area contributed by atoms with Gasteiger partial charge in [-0.15, -0.1) is 0 Å². The molecule has 0 aromatic heterocycles. The van der Waals surface area contributed by atoms with Gasteiger partial charge in [0.1, 0.15) is 5.82 Å². The third kappa shape index (κ3) is 2.93. The van der Waals surface area contributed by atoms with Crippen molar-refractivity contribution in [3.63, 3.8) is 0 Å². The minimum atomic E-state index is -0.443. The summed E-state index contributed by atoms with van der Waals surface area (Å²) < 4.78 is 18.1. The fraction of sp³-hybridized carbons (Fsp3) is 0.364. The molecular formula is C11H12ClFO2. The maximum atomic E-state index is 13.4. The summed E-state index contributed by atoms with van der Waals surface area (Å²) in [6.07, 6.45) is -0.0773. The van der Waals surface area contributed by atoms with Crippen LogP contribution in [0.3, 0.4) is 0 Å². The predicted octanol–water partition coefficient (Wildman–Crippen LogP) is 2.89. The Kier molecular flexibility index (Phi) is 4.09. The zero-order chi connectivity index (χ0) is 11.4. The topological polar surface area (TPSA) is 26.3 Å². The first-order valence-corrected chi connectivity index (χ1v) is 5.03. The van der Waals surface area contributed by atoms with E-state index in [-0.39, 0.29) is 6.42 Å². The second-order valence-corrected chi connectivity index (χ2v) is 3.52. The molecule has 0 N–H and O–H groups in total. The highest BCUT2D eigenvalue weighted by molar-refractivity contribution is 6.31. The van der Waals surface area contributed by atoms with Crippen LogP contribution in [0.2, 0.25) is 5.02 Å². The van der Waals surface area contributed by atoms with E-state index in [0.29, 0.717) is 22.8 Å². The van der Waals surface area contributed by atoms with Crippen molar-refractivity contribution in [3.8, 4) is 0 Å². The van der Waals surface area contributed by atoms with Gasteiger partial charge in [0.15, 0.2) is 0 Å². The zero-order valence-electron chi connectivity index (χ0n) is 8.64. The molecule has 0 amide bonds. The van der Waals surface area contributed by atoms with E-state index in [4.69, 9.17) is 16.3 Å². The maximum Gasteiger partial charge on any atom is 0.310 e. The van der Waals surface area contributed by atoms with Crippen LogP contribution in [0.1, 0.15) is 18.1 Å². The number of carbonyl (C=O) groups excluding carboxylic acids is 1. The smallest absolute Gasteiger partial charge is 0.310 e. The molecule has 0 atom stereocenters. The fourth-order valence-electron chi connectivity index (χ4n) is 1.27. The van der Waals surface area contributed by atoms with Crippen LogP contribution in [0, 0.1) is 12.7 Å². The molecule has 0 aliphatic carbocycles. The van der Waals surface area contributed by atoms with E-state index in [0.717, 1.165) is 0 Å². The van der Waals surface area contributed by atoms with Crippen LogP contribution >= 0.6 is 11.6 Å². The second-order valence-electron chi connectivity index (χ2n) is 3.11. The minimum Gasteiger partial charge on any atom is -0.466 e. The van der Waals surface area contributed by atoms with E-state index in [9.17, 15) is 9.18 Å². The predicted molar refractivity (Wildman–Crippen MR) is 56.5 cm³/mol. The van der Waals surface area contributed by atoms with Crippen LogP contribution in [0.4, 0.5) is 4.39 Å². The molecule has 0 radical (unpaired) electrons.